The fraction of sp³-hybridized carbons (Fsp3) is 0.938. The number of hydrogen-bond acceptors (Lipinski definition) is 3. The summed E-state index contributed by atoms with van der Waals surface area (Å²) in [6.45, 7) is 10.4. The molecule has 4 nitrogen and oxygen atoms in total. The van der Waals surface area contributed by atoms with Crippen molar-refractivity contribution in [3.8, 4) is 0 Å². The van der Waals surface area contributed by atoms with Crippen LogP contribution in [0.3, 0.4) is 0 Å². The molecule has 1 N–H and O–H groups in total. The van der Waals surface area contributed by atoms with Crippen LogP contribution in [0, 0.1) is 11.8 Å². The second-order valence-electron chi connectivity index (χ2n) is 6.44. The Morgan fingerprint density at radius 3 is 2.70 bits per heavy atom. The van der Waals surface area contributed by atoms with Crippen LogP contribution in [-0.2, 0) is 9.53 Å². The van der Waals surface area contributed by atoms with E-state index in [1.807, 2.05) is 0 Å². The van der Waals surface area contributed by atoms with Gasteiger partial charge in [-0.15, -0.1) is 0 Å². The van der Waals surface area contributed by atoms with Crippen molar-refractivity contribution in [2.45, 2.75) is 71.6 Å². The maximum atomic E-state index is 12.8. The van der Waals surface area contributed by atoms with Crippen LogP contribution in [0.1, 0.15) is 53.4 Å². The van der Waals surface area contributed by atoms with Gasteiger partial charge in [0.05, 0.1) is 18.8 Å². The Balaban J connectivity index is 2.11. The van der Waals surface area contributed by atoms with Gasteiger partial charge >= 0.3 is 0 Å². The van der Waals surface area contributed by atoms with Crippen LogP contribution < -0.4 is 5.32 Å². The Hall–Kier alpha value is -0.610. The Morgan fingerprint density at radius 2 is 2.15 bits per heavy atom. The number of nitrogens with one attached hydrogen (secondary N) is 1. The van der Waals surface area contributed by atoms with Crippen LogP contribution in [0.5, 0.6) is 0 Å². The first kappa shape index (κ1) is 15.8. The first-order valence-corrected chi connectivity index (χ1v) is 8.26. The summed E-state index contributed by atoms with van der Waals surface area (Å²) in [5.74, 6) is 1.20. The number of amides is 1. The zero-order valence-corrected chi connectivity index (χ0v) is 13.4. The molecule has 5 unspecified atom stereocenters. The average molecular weight is 282 g/mol. The van der Waals surface area contributed by atoms with E-state index in [0.29, 0.717) is 17.7 Å². The van der Waals surface area contributed by atoms with Crippen molar-refractivity contribution >= 4 is 5.91 Å². The molecule has 2 rings (SSSR count). The molecule has 0 saturated carbocycles. The van der Waals surface area contributed by atoms with E-state index in [4.69, 9.17) is 4.74 Å². The molecule has 2 aliphatic heterocycles. The third-order valence-corrected chi connectivity index (χ3v) is 5.09. The summed E-state index contributed by atoms with van der Waals surface area (Å²) < 4.78 is 5.51. The van der Waals surface area contributed by atoms with E-state index >= 15 is 0 Å². The normalized spacial score (nSPS) is 33.7. The summed E-state index contributed by atoms with van der Waals surface area (Å²) >= 11 is 0. The number of rotatable bonds is 6. The van der Waals surface area contributed by atoms with Crippen molar-refractivity contribution in [1.29, 1.82) is 0 Å². The predicted octanol–water partition coefficient (Wildman–Crippen LogP) is 2.38. The van der Waals surface area contributed by atoms with E-state index in [1.54, 1.807) is 0 Å². The Labute approximate surface area is 123 Å². The molecule has 2 saturated heterocycles. The molecule has 2 aliphatic rings. The maximum Gasteiger partial charge on any atom is 0.241 e. The second kappa shape index (κ2) is 6.90. The van der Waals surface area contributed by atoms with E-state index in [-0.39, 0.29) is 18.2 Å². The van der Waals surface area contributed by atoms with Gasteiger partial charge in [-0.25, -0.2) is 0 Å². The maximum absolute atomic E-state index is 12.8. The number of ether oxygens (including phenoxy) is 1. The lowest BCUT2D eigenvalue weighted by Gasteiger charge is -2.33. The third kappa shape index (κ3) is 3.01. The van der Waals surface area contributed by atoms with E-state index in [9.17, 15) is 4.79 Å². The van der Waals surface area contributed by atoms with Crippen molar-refractivity contribution in [3.63, 3.8) is 0 Å². The monoisotopic (exact) mass is 282 g/mol. The lowest BCUT2D eigenvalue weighted by atomic mass is 9.96. The standard InChI is InChI=1S/C16H30N2O2/c1-5-7-14-17-15(11(3)6-2)16(19)18(14)12(4)13-8-9-20-10-13/h11-15,17H,5-10H2,1-4H3. The van der Waals surface area contributed by atoms with Gasteiger partial charge in [0.1, 0.15) is 0 Å². The molecule has 0 aromatic heterocycles. The van der Waals surface area contributed by atoms with Gasteiger partial charge in [0.15, 0.2) is 0 Å². The Morgan fingerprint density at radius 1 is 1.40 bits per heavy atom. The highest BCUT2D eigenvalue weighted by Crippen LogP contribution is 2.29. The molecule has 0 aromatic rings. The van der Waals surface area contributed by atoms with Gasteiger partial charge < -0.3 is 9.64 Å². The molecule has 0 aromatic carbocycles. The van der Waals surface area contributed by atoms with Gasteiger partial charge in [-0.2, -0.15) is 0 Å². The van der Waals surface area contributed by atoms with Crippen LogP contribution in [0.15, 0.2) is 0 Å². The van der Waals surface area contributed by atoms with Gasteiger partial charge in [0, 0.05) is 18.6 Å². The highest BCUT2D eigenvalue weighted by molar-refractivity contribution is 5.85. The Bertz CT molecular complexity index is 328. The lowest BCUT2D eigenvalue weighted by molar-refractivity contribution is -0.134. The molecule has 0 radical (unpaired) electrons. The summed E-state index contributed by atoms with van der Waals surface area (Å²) in [7, 11) is 0. The fourth-order valence-corrected chi connectivity index (χ4v) is 3.46. The molecular formula is C16H30N2O2. The van der Waals surface area contributed by atoms with E-state index in [1.165, 1.54) is 0 Å². The van der Waals surface area contributed by atoms with Gasteiger partial charge in [-0.05, 0) is 25.7 Å². The zero-order valence-electron chi connectivity index (χ0n) is 13.4. The van der Waals surface area contributed by atoms with E-state index < -0.39 is 0 Å². The summed E-state index contributed by atoms with van der Waals surface area (Å²) in [6.07, 6.45) is 4.47. The van der Waals surface area contributed by atoms with Crippen molar-refractivity contribution < 1.29 is 9.53 Å². The van der Waals surface area contributed by atoms with E-state index in [0.717, 1.165) is 38.9 Å². The molecule has 2 fully saturated rings. The second-order valence-corrected chi connectivity index (χ2v) is 6.44. The molecule has 0 aliphatic carbocycles. The van der Waals surface area contributed by atoms with Gasteiger partial charge in [-0.1, -0.05) is 33.6 Å². The first-order valence-electron chi connectivity index (χ1n) is 8.26. The fourth-order valence-electron chi connectivity index (χ4n) is 3.46. The number of carbonyl (C=O) groups excluding carboxylic acids is 1. The molecule has 4 heteroatoms. The molecule has 20 heavy (non-hydrogen) atoms. The minimum atomic E-state index is 0.00122. The third-order valence-electron chi connectivity index (χ3n) is 5.09. The topological polar surface area (TPSA) is 41.6 Å². The summed E-state index contributed by atoms with van der Waals surface area (Å²) in [5, 5.41) is 3.58. The van der Waals surface area contributed by atoms with Gasteiger partial charge in [0.2, 0.25) is 5.91 Å². The minimum absolute atomic E-state index is 0.00122. The number of hydrogen-bond donors (Lipinski definition) is 1. The molecular weight excluding hydrogens is 252 g/mol. The summed E-state index contributed by atoms with van der Waals surface area (Å²) in [6, 6.07) is 0.282. The molecule has 1 amide bonds. The summed E-state index contributed by atoms with van der Waals surface area (Å²) in [4.78, 5) is 14.9. The minimum Gasteiger partial charge on any atom is -0.381 e. The molecule has 5 atom stereocenters. The lowest BCUT2D eigenvalue weighted by Crippen LogP contribution is -2.46. The van der Waals surface area contributed by atoms with Crippen molar-refractivity contribution in [3.05, 3.63) is 0 Å². The molecule has 0 bridgehead atoms. The van der Waals surface area contributed by atoms with Crippen LogP contribution >= 0.6 is 0 Å². The van der Waals surface area contributed by atoms with E-state index in [2.05, 4.69) is 37.9 Å². The largest absolute Gasteiger partial charge is 0.381 e. The highest BCUT2D eigenvalue weighted by Gasteiger charge is 2.44. The smallest absolute Gasteiger partial charge is 0.241 e. The molecule has 2 heterocycles. The Kier molecular flexibility index (Phi) is 5.44. The van der Waals surface area contributed by atoms with Crippen LogP contribution in [0.2, 0.25) is 0 Å². The van der Waals surface area contributed by atoms with Crippen molar-refractivity contribution in [2.75, 3.05) is 13.2 Å². The zero-order chi connectivity index (χ0) is 14.7. The van der Waals surface area contributed by atoms with Crippen LogP contribution in [0.4, 0.5) is 0 Å². The van der Waals surface area contributed by atoms with Gasteiger partial charge in [-0.3, -0.25) is 10.1 Å². The van der Waals surface area contributed by atoms with Crippen molar-refractivity contribution in [2.24, 2.45) is 11.8 Å². The van der Waals surface area contributed by atoms with Crippen LogP contribution in [-0.4, -0.2) is 42.3 Å². The summed E-state index contributed by atoms with van der Waals surface area (Å²) in [5.41, 5.74) is 0. The molecule has 0 spiro atoms. The quantitative estimate of drug-likeness (QED) is 0.813. The number of nitrogens with zero attached hydrogens (tertiary/aromatic N) is 1. The molecule has 116 valence electrons. The average Bonchev–Trinajstić information content (AvgIpc) is 3.06. The van der Waals surface area contributed by atoms with Crippen molar-refractivity contribution in [1.82, 2.24) is 10.2 Å². The SMILES string of the molecule is CCCC1NC(C(C)CC)C(=O)N1C(C)C1CCOC1. The first-order chi connectivity index (χ1) is 9.60. The predicted molar refractivity (Wildman–Crippen MR) is 80.3 cm³/mol. The highest BCUT2D eigenvalue weighted by atomic mass is 16.5. The van der Waals surface area contributed by atoms with Crippen LogP contribution in [0.25, 0.3) is 0 Å². The number of carbonyl (C=O) groups is 1. The van der Waals surface area contributed by atoms with Gasteiger partial charge in [0.25, 0.3) is 0 Å².